The van der Waals surface area contributed by atoms with Crippen LogP contribution in [-0.4, -0.2) is 5.11 Å². The summed E-state index contributed by atoms with van der Waals surface area (Å²) in [4.78, 5) is 0. The average Bonchev–Trinajstić information content (AvgIpc) is 2.68. The fourth-order valence-corrected chi connectivity index (χ4v) is 2.08. The van der Waals surface area contributed by atoms with Gasteiger partial charge in [0.15, 0.2) is 0 Å². The maximum Gasteiger partial charge on any atom is 0.283 e. The molecule has 0 aromatic heterocycles. The summed E-state index contributed by atoms with van der Waals surface area (Å²) < 4.78 is 0. The molecule has 0 atom stereocenters. The molecule has 0 heterocycles. The normalized spacial score (nSPS) is 10.4. The predicted octanol–water partition coefficient (Wildman–Crippen LogP) is 3.10. The molecule has 0 bridgehead atoms. The van der Waals surface area contributed by atoms with Crippen molar-refractivity contribution in [2.45, 2.75) is 6.42 Å². The second kappa shape index (κ2) is 4.50. The van der Waals surface area contributed by atoms with E-state index in [9.17, 15) is 0 Å². The Labute approximate surface area is 94.4 Å². The molecule has 0 fully saturated rings. The lowest BCUT2D eigenvalue weighted by Crippen LogP contribution is -1.77. The van der Waals surface area contributed by atoms with Crippen molar-refractivity contribution in [3.05, 3.63) is 59.7 Å². The molecule has 0 aliphatic heterocycles. The number of aliphatic hydroxyl groups is 1. The number of nitrogens with zero attached hydrogens (tertiary/aromatic N) is 1. The summed E-state index contributed by atoms with van der Waals surface area (Å²) in [5.74, 6) is 0. The fourth-order valence-electron chi connectivity index (χ4n) is 2.08. The third-order valence-corrected chi connectivity index (χ3v) is 2.71. The molecule has 2 aromatic rings. The van der Waals surface area contributed by atoms with Crippen molar-refractivity contribution in [1.29, 1.82) is 5.26 Å². The van der Waals surface area contributed by atoms with Crippen LogP contribution in [0.4, 0.5) is 0 Å². The second-order valence-electron chi connectivity index (χ2n) is 3.59. The van der Waals surface area contributed by atoms with E-state index in [0.29, 0.717) is 0 Å². The highest BCUT2D eigenvalue weighted by Gasteiger charge is 2.15. The van der Waals surface area contributed by atoms with E-state index in [4.69, 9.17) is 10.4 Å². The maximum absolute atomic E-state index is 6.88. The lowest BCUT2D eigenvalue weighted by Gasteiger charge is -1.98. The van der Waals surface area contributed by atoms with Crippen molar-refractivity contribution < 1.29 is 5.11 Å². The summed E-state index contributed by atoms with van der Waals surface area (Å²) in [5.41, 5.74) is 5.75. The summed E-state index contributed by atoms with van der Waals surface area (Å²) >= 11 is 0. The summed E-state index contributed by atoms with van der Waals surface area (Å²) in [7, 11) is 0. The first-order valence-corrected chi connectivity index (χ1v) is 5.06. The average molecular weight is 209 g/mol. The van der Waals surface area contributed by atoms with Gasteiger partial charge < -0.3 is 5.11 Å². The van der Waals surface area contributed by atoms with Gasteiger partial charge in [-0.05, 0) is 28.7 Å². The predicted molar refractivity (Wildman–Crippen MR) is 62.2 cm³/mol. The van der Waals surface area contributed by atoms with E-state index in [0.717, 1.165) is 12.7 Å². The zero-order valence-electron chi connectivity index (χ0n) is 8.72. The molecule has 16 heavy (non-hydrogen) atoms. The summed E-state index contributed by atoms with van der Waals surface area (Å²) in [5, 5.41) is 13.8. The van der Waals surface area contributed by atoms with Gasteiger partial charge in [0.25, 0.3) is 6.26 Å². The van der Waals surface area contributed by atoms with Crippen molar-refractivity contribution in [2.24, 2.45) is 0 Å². The Balaban J connectivity index is 0.000000292. The zero-order chi connectivity index (χ0) is 11.4. The Bertz CT molecular complexity index is 497. The minimum absolute atomic E-state index is 0.750. The molecule has 2 nitrogen and oxygen atoms in total. The third-order valence-electron chi connectivity index (χ3n) is 2.71. The molecule has 0 unspecified atom stereocenters. The first kappa shape index (κ1) is 10.3. The number of aliphatic hydroxyl groups excluding tert-OH is 1. The van der Waals surface area contributed by atoms with Gasteiger partial charge in [-0.1, -0.05) is 48.5 Å². The van der Waals surface area contributed by atoms with E-state index in [1.807, 2.05) is 0 Å². The van der Waals surface area contributed by atoms with Crippen LogP contribution < -0.4 is 0 Å². The van der Waals surface area contributed by atoms with Gasteiger partial charge in [-0.2, -0.15) is 5.26 Å². The zero-order valence-corrected chi connectivity index (χ0v) is 8.72. The molecule has 0 amide bonds. The standard InChI is InChI=1S/C13H10.CHNO/c1-3-7-12-10(5-1)9-11-6-2-4-8-13(11)12;2-1-3/h1-8H,9H2;3H. The number of fused-ring (bicyclic) bond motifs is 3. The monoisotopic (exact) mass is 209 g/mol. The van der Waals surface area contributed by atoms with E-state index in [2.05, 4.69) is 48.5 Å². The molecule has 1 aliphatic carbocycles. The van der Waals surface area contributed by atoms with Crippen molar-refractivity contribution in [3.8, 4) is 17.4 Å². The van der Waals surface area contributed by atoms with Gasteiger partial charge in [-0.25, -0.2) is 0 Å². The van der Waals surface area contributed by atoms with Crippen LogP contribution in [0.2, 0.25) is 0 Å². The van der Waals surface area contributed by atoms with Crippen LogP contribution in [0.25, 0.3) is 11.1 Å². The quantitative estimate of drug-likeness (QED) is 0.578. The van der Waals surface area contributed by atoms with E-state index >= 15 is 0 Å². The number of hydrogen-bond donors (Lipinski definition) is 1. The molecular formula is C14H11NO. The minimum atomic E-state index is 0.750. The minimum Gasteiger partial charge on any atom is -0.443 e. The Kier molecular flexibility index (Phi) is 2.88. The lowest BCUT2D eigenvalue weighted by molar-refractivity contribution is 0.503. The van der Waals surface area contributed by atoms with Gasteiger partial charge >= 0.3 is 0 Å². The number of hydrogen-bond acceptors (Lipinski definition) is 2. The van der Waals surface area contributed by atoms with Crippen LogP contribution in [0, 0.1) is 11.5 Å². The van der Waals surface area contributed by atoms with Crippen molar-refractivity contribution in [3.63, 3.8) is 0 Å². The first-order chi connectivity index (χ1) is 7.86. The number of benzene rings is 2. The van der Waals surface area contributed by atoms with Gasteiger partial charge in [-0.15, -0.1) is 0 Å². The molecular weight excluding hydrogens is 198 g/mol. The van der Waals surface area contributed by atoms with Gasteiger partial charge in [0, 0.05) is 0 Å². The van der Waals surface area contributed by atoms with Crippen LogP contribution >= 0.6 is 0 Å². The molecule has 2 aromatic carbocycles. The smallest absolute Gasteiger partial charge is 0.283 e. The molecule has 3 rings (SSSR count). The van der Waals surface area contributed by atoms with Crippen molar-refractivity contribution >= 4 is 0 Å². The topological polar surface area (TPSA) is 44.0 Å². The molecule has 0 spiro atoms. The largest absolute Gasteiger partial charge is 0.443 e. The molecule has 0 radical (unpaired) electrons. The van der Waals surface area contributed by atoms with Gasteiger partial charge in [0.2, 0.25) is 0 Å². The Morgan fingerprint density at radius 3 is 1.69 bits per heavy atom. The highest BCUT2D eigenvalue weighted by atomic mass is 16.2. The summed E-state index contributed by atoms with van der Waals surface area (Å²) in [6, 6.07) is 17.3. The van der Waals surface area contributed by atoms with Gasteiger partial charge in [0.1, 0.15) is 0 Å². The molecule has 0 saturated carbocycles. The third kappa shape index (κ3) is 1.76. The van der Waals surface area contributed by atoms with Crippen LogP contribution in [0.15, 0.2) is 48.5 Å². The number of nitriles is 1. The van der Waals surface area contributed by atoms with E-state index < -0.39 is 0 Å². The molecule has 1 N–H and O–H groups in total. The maximum atomic E-state index is 6.88. The van der Waals surface area contributed by atoms with E-state index in [1.54, 1.807) is 0 Å². The van der Waals surface area contributed by atoms with Crippen molar-refractivity contribution in [2.75, 3.05) is 0 Å². The Morgan fingerprint density at radius 1 is 0.875 bits per heavy atom. The molecule has 78 valence electrons. The molecule has 0 saturated heterocycles. The summed E-state index contributed by atoms with van der Waals surface area (Å²) in [6.45, 7) is 0. The van der Waals surface area contributed by atoms with Gasteiger partial charge in [-0.3, -0.25) is 0 Å². The SMILES string of the molecule is N#CO.c1ccc2c(c1)Cc1ccccc1-2. The van der Waals surface area contributed by atoms with Crippen LogP contribution in [0.1, 0.15) is 11.1 Å². The van der Waals surface area contributed by atoms with E-state index in [-0.39, 0.29) is 0 Å². The van der Waals surface area contributed by atoms with Crippen LogP contribution in [0.5, 0.6) is 0 Å². The lowest BCUT2D eigenvalue weighted by atomic mass is 10.1. The first-order valence-electron chi connectivity index (χ1n) is 5.06. The summed E-state index contributed by atoms with van der Waals surface area (Å²) in [6.07, 6.45) is 1.85. The van der Waals surface area contributed by atoms with Crippen LogP contribution in [0.3, 0.4) is 0 Å². The van der Waals surface area contributed by atoms with Gasteiger partial charge in [0.05, 0.1) is 0 Å². The number of rotatable bonds is 0. The second-order valence-corrected chi connectivity index (χ2v) is 3.59. The Hall–Kier alpha value is -2.27. The highest BCUT2D eigenvalue weighted by Crippen LogP contribution is 2.35. The fraction of sp³-hybridized carbons (Fsp3) is 0.0714. The molecule has 2 heteroatoms. The Morgan fingerprint density at radius 2 is 1.25 bits per heavy atom. The highest BCUT2D eigenvalue weighted by molar-refractivity contribution is 5.76. The van der Waals surface area contributed by atoms with E-state index in [1.165, 1.54) is 22.3 Å². The molecule has 1 aliphatic rings. The van der Waals surface area contributed by atoms with Crippen molar-refractivity contribution in [1.82, 2.24) is 0 Å². The van der Waals surface area contributed by atoms with Crippen LogP contribution in [-0.2, 0) is 6.42 Å².